The average molecular weight is 415 g/mol. The van der Waals surface area contributed by atoms with Crippen LogP contribution in [0.1, 0.15) is 16.7 Å². The topological polar surface area (TPSA) is 60.3 Å². The van der Waals surface area contributed by atoms with E-state index in [4.69, 9.17) is 14.2 Å². The molecule has 0 atom stereocenters. The maximum Gasteiger partial charge on any atom is 0.125 e. The predicted molar refractivity (Wildman–Crippen MR) is 124 cm³/mol. The summed E-state index contributed by atoms with van der Waals surface area (Å²) < 4.78 is 16.3. The van der Waals surface area contributed by atoms with E-state index in [-0.39, 0.29) is 0 Å². The Balaban J connectivity index is 1.57. The molecule has 0 aliphatic carbocycles. The Morgan fingerprint density at radius 2 is 1.35 bits per heavy atom. The van der Waals surface area contributed by atoms with Gasteiger partial charge in [-0.25, -0.2) is 0 Å². The summed E-state index contributed by atoms with van der Waals surface area (Å²) in [5.41, 5.74) is 3.37. The van der Waals surface area contributed by atoms with E-state index >= 15 is 0 Å². The first-order chi connectivity index (χ1) is 15.2. The Hall–Kier alpha value is -3.99. The quantitative estimate of drug-likeness (QED) is 0.271. The van der Waals surface area contributed by atoms with Gasteiger partial charge in [0.1, 0.15) is 29.6 Å². The molecular weight excluding hydrogens is 390 g/mol. The smallest absolute Gasteiger partial charge is 0.125 e. The monoisotopic (exact) mass is 415 g/mol. The van der Waals surface area contributed by atoms with Gasteiger partial charge in [0.15, 0.2) is 0 Å². The first-order valence-electron chi connectivity index (χ1n) is 9.79. The molecule has 3 aromatic rings. The lowest BCUT2D eigenvalue weighted by Crippen LogP contribution is -1.98. The number of hydrogen-bond acceptors (Lipinski definition) is 5. The van der Waals surface area contributed by atoms with Crippen LogP contribution in [0.15, 0.2) is 90.1 Å². The largest absolute Gasteiger partial charge is 0.497 e. The summed E-state index contributed by atoms with van der Waals surface area (Å²) in [6.45, 7) is 0.427. The Labute approximate surface area is 182 Å². The molecule has 0 fully saturated rings. The van der Waals surface area contributed by atoms with E-state index in [0.29, 0.717) is 12.3 Å². The zero-order valence-electron chi connectivity index (χ0n) is 17.6. The van der Waals surface area contributed by atoms with Crippen molar-refractivity contribution in [1.29, 1.82) is 0 Å². The van der Waals surface area contributed by atoms with Gasteiger partial charge in [-0.2, -0.15) is 0 Å². The molecule has 3 rings (SSSR count). The van der Waals surface area contributed by atoms with Crippen molar-refractivity contribution in [2.24, 2.45) is 5.16 Å². The SMILES string of the molecule is COc1ccc(/C=C/C(/C=C/c2ccc(OCc3ccccc3OC)cc2)=N/O)cc1. The lowest BCUT2D eigenvalue weighted by Gasteiger charge is -2.10. The van der Waals surface area contributed by atoms with E-state index in [1.165, 1.54) is 0 Å². The third-order valence-corrected chi connectivity index (χ3v) is 4.59. The molecule has 0 saturated heterocycles. The predicted octanol–water partition coefficient (Wildman–Crippen LogP) is 5.84. The second-order valence-electron chi connectivity index (χ2n) is 6.63. The fraction of sp³-hybridized carbons (Fsp3) is 0.115. The van der Waals surface area contributed by atoms with Gasteiger partial charge in [-0.3, -0.25) is 0 Å². The molecule has 31 heavy (non-hydrogen) atoms. The van der Waals surface area contributed by atoms with Crippen molar-refractivity contribution >= 4 is 17.9 Å². The molecule has 3 aromatic carbocycles. The molecule has 0 aromatic heterocycles. The van der Waals surface area contributed by atoms with Crippen LogP contribution in [-0.4, -0.2) is 25.1 Å². The van der Waals surface area contributed by atoms with E-state index in [1.54, 1.807) is 26.4 Å². The van der Waals surface area contributed by atoms with Gasteiger partial charge in [0.05, 0.1) is 14.2 Å². The van der Waals surface area contributed by atoms with Crippen LogP contribution in [0.5, 0.6) is 17.2 Å². The number of methoxy groups -OCH3 is 2. The molecule has 1 N–H and O–H groups in total. The van der Waals surface area contributed by atoms with E-state index in [0.717, 1.165) is 33.9 Å². The van der Waals surface area contributed by atoms with Crippen LogP contribution in [-0.2, 0) is 6.61 Å². The number of oxime groups is 1. The molecule has 0 aliphatic heterocycles. The number of ether oxygens (including phenoxy) is 3. The normalized spacial score (nSPS) is 11.7. The van der Waals surface area contributed by atoms with Gasteiger partial charge in [-0.1, -0.05) is 59.8 Å². The van der Waals surface area contributed by atoms with Gasteiger partial charge >= 0.3 is 0 Å². The molecule has 5 heteroatoms. The highest BCUT2D eigenvalue weighted by Crippen LogP contribution is 2.21. The molecule has 0 aliphatic rings. The molecule has 5 nitrogen and oxygen atoms in total. The molecule has 0 bridgehead atoms. The summed E-state index contributed by atoms with van der Waals surface area (Å²) in [7, 11) is 3.28. The number of allylic oxidation sites excluding steroid dienone is 2. The van der Waals surface area contributed by atoms with Crippen LogP contribution in [0.3, 0.4) is 0 Å². The first-order valence-corrected chi connectivity index (χ1v) is 9.79. The van der Waals surface area contributed by atoms with Crippen LogP contribution in [0.2, 0.25) is 0 Å². The fourth-order valence-corrected chi connectivity index (χ4v) is 2.86. The summed E-state index contributed by atoms with van der Waals surface area (Å²) in [5, 5.41) is 12.6. The highest BCUT2D eigenvalue weighted by molar-refractivity contribution is 6.08. The van der Waals surface area contributed by atoms with Gasteiger partial charge in [0.25, 0.3) is 0 Å². The van der Waals surface area contributed by atoms with Gasteiger partial charge in [0, 0.05) is 5.56 Å². The third-order valence-electron chi connectivity index (χ3n) is 4.59. The lowest BCUT2D eigenvalue weighted by atomic mass is 10.1. The van der Waals surface area contributed by atoms with E-state index in [2.05, 4.69) is 5.16 Å². The molecular formula is C26H25NO4. The first kappa shape index (κ1) is 21.7. The minimum atomic E-state index is 0.427. The van der Waals surface area contributed by atoms with E-state index in [9.17, 15) is 5.21 Å². The Bertz CT molecular complexity index is 1050. The van der Waals surface area contributed by atoms with Crippen LogP contribution < -0.4 is 14.2 Å². The summed E-state index contributed by atoms with van der Waals surface area (Å²) >= 11 is 0. The van der Waals surface area contributed by atoms with E-state index < -0.39 is 0 Å². The van der Waals surface area contributed by atoms with E-state index in [1.807, 2.05) is 84.9 Å². The number of rotatable bonds is 9. The average Bonchev–Trinajstić information content (AvgIpc) is 2.84. The summed E-state index contributed by atoms with van der Waals surface area (Å²) in [6, 6.07) is 23.1. The van der Waals surface area contributed by atoms with Gasteiger partial charge < -0.3 is 19.4 Å². The Morgan fingerprint density at radius 3 is 1.90 bits per heavy atom. The molecule has 158 valence electrons. The zero-order valence-corrected chi connectivity index (χ0v) is 17.6. The number of benzene rings is 3. The van der Waals surface area contributed by atoms with Gasteiger partial charge in [0.2, 0.25) is 0 Å². The number of nitrogens with zero attached hydrogens (tertiary/aromatic N) is 1. The molecule has 0 spiro atoms. The highest BCUT2D eigenvalue weighted by atomic mass is 16.5. The molecule has 0 radical (unpaired) electrons. The van der Waals surface area contributed by atoms with Crippen LogP contribution >= 0.6 is 0 Å². The maximum atomic E-state index is 9.26. The fourth-order valence-electron chi connectivity index (χ4n) is 2.86. The van der Waals surface area contributed by atoms with Crippen LogP contribution in [0, 0.1) is 0 Å². The molecule has 0 unspecified atom stereocenters. The van der Waals surface area contributed by atoms with Crippen molar-refractivity contribution in [3.05, 3.63) is 102 Å². The minimum Gasteiger partial charge on any atom is -0.497 e. The maximum absolute atomic E-state index is 9.26. The van der Waals surface area contributed by atoms with Crippen molar-refractivity contribution in [2.75, 3.05) is 14.2 Å². The third kappa shape index (κ3) is 6.51. The lowest BCUT2D eigenvalue weighted by molar-refractivity contribution is 0.296. The second kappa shape index (κ2) is 11.3. The summed E-state index contributed by atoms with van der Waals surface area (Å²) in [4.78, 5) is 0. The molecule has 0 saturated carbocycles. The van der Waals surface area contributed by atoms with Crippen molar-refractivity contribution < 1.29 is 19.4 Å². The molecule has 0 heterocycles. The number of hydrogen-bond donors (Lipinski definition) is 1. The number of para-hydroxylation sites is 1. The second-order valence-corrected chi connectivity index (χ2v) is 6.63. The highest BCUT2D eigenvalue weighted by Gasteiger charge is 2.02. The van der Waals surface area contributed by atoms with Gasteiger partial charge in [-0.15, -0.1) is 0 Å². The van der Waals surface area contributed by atoms with Crippen molar-refractivity contribution in [2.45, 2.75) is 6.61 Å². The van der Waals surface area contributed by atoms with Crippen LogP contribution in [0.4, 0.5) is 0 Å². The van der Waals surface area contributed by atoms with Crippen molar-refractivity contribution in [3.63, 3.8) is 0 Å². The zero-order chi connectivity index (χ0) is 21.9. The summed E-state index contributed by atoms with van der Waals surface area (Å²) in [5.74, 6) is 2.36. The molecule has 0 amide bonds. The summed E-state index contributed by atoms with van der Waals surface area (Å²) in [6.07, 6.45) is 7.22. The van der Waals surface area contributed by atoms with Crippen LogP contribution in [0.25, 0.3) is 12.2 Å². The van der Waals surface area contributed by atoms with Gasteiger partial charge in [-0.05, 0) is 53.6 Å². The van der Waals surface area contributed by atoms with Crippen molar-refractivity contribution in [1.82, 2.24) is 0 Å². The Kier molecular flexibility index (Phi) is 7.89. The minimum absolute atomic E-state index is 0.427. The Morgan fingerprint density at radius 1 is 0.774 bits per heavy atom. The van der Waals surface area contributed by atoms with Crippen molar-refractivity contribution in [3.8, 4) is 17.2 Å². The standard InChI is InChI=1S/C26H25NO4/c1-29-24-15-9-20(10-16-24)7-13-23(27-28)14-8-21-11-17-25(18-12-21)31-19-22-5-3-4-6-26(22)30-2/h3-18,28H,19H2,1-2H3/b13-7+,14-8+,27-23-.